The van der Waals surface area contributed by atoms with Crippen LogP contribution in [0.15, 0.2) is 24.3 Å². The van der Waals surface area contributed by atoms with Crippen LogP contribution < -0.4 is 14.8 Å². The summed E-state index contributed by atoms with van der Waals surface area (Å²) in [6.07, 6.45) is 1.13. The zero-order valence-electron chi connectivity index (χ0n) is 11.3. The summed E-state index contributed by atoms with van der Waals surface area (Å²) in [5.74, 6) is 1.41. The average molecular weight is 269 g/mol. The molecule has 0 aromatic heterocycles. The minimum atomic E-state index is -0.555. The van der Waals surface area contributed by atoms with Gasteiger partial charge in [0.1, 0.15) is 24.2 Å². The Hall–Kier alpha value is -1.30. The van der Waals surface area contributed by atoms with Gasteiger partial charge in [-0.3, -0.25) is 0 Å². The molecule has 5 heteroatoms. The van der Waals surface area contributed by atoms with Crippen LogP contribution in [0.1, 0.15) is 12.8 Å². The van der Waals surface area contributed by atoms with E-state index in [2.05, 4.69) is 5.32 Å². The first-order chi connectivity index (χ1) is 9.26. The Balaban J connectivity index is 2.16. The number of methoxy groups -OCH3 is 1. The van der Waals surface area contributed by atoms with Gasteiger partial charge >= 0.3 is 0 Å². The van der Waals surface area contributed by atoms with E-state index in [1.807, 2.05) is 18.2 Å². The Labute approximate surface area is 114 Å². The molecule has 0 bridgehead atoms. The van der Waals surface area contributed by atoms with Crippen molar-refractivity contribution < 1.29 is 19.7 Å². The molecule has 1 atom stereocenters. The van der Waals surface area contributed by atoms with Gasteiger partial charge in [0.25, 0.3) is 0 Å². The van der Waals surface area contributed by atoms with Crippen LogP contribution in [0.5, 0.6) is 11.5 Å². The Kier molecular flexibility index (Phi) is 7.97. The summed E-state index contributed by atoms with van der Waals surface area (Å²) in [4.78, 5) is 0. The standard InChI is InChI=1S/C14H23NO4/c1-18-13-5-4-6-14(9-13)19-11-12(17)10-15-7-2-3-8-16/h4-6,9,12,15-17H,2-3,7-8,10-11H2,1H3. The summed E-state index contributed by atoms with van der Waals surface area (Å²) in [6, 6.07) is 7.28. The molecule has 0 heterocycles. The first kappa shape index (κ1) is 15.8. The second-order valence-corrected chi connectivity index (χ2v) is 4.28. The fourth-order valence-corrected chi connectivity index (χ4v) is 1.57. The maximum atomic E-state index is 9.73. The van der Waals surface area contributed by atoms with Gasteiger partial charge in [-0.05, 0) is 31.5 Å². The van der Waals surface area contributed by atoms with Gasteiger partial charge in [0.15, 0.2) is 0 Å². The summed E-state index contributed by atoms with van der Waals surface area (Å²) in [6.45, 7) is 1.72. The fraction of sp³-hybridized carbons (Fsp3) is 0.571. The highest BCUT2D eigenvalue weighted by Gasteiger charge is 2.05. The van der Waals surface area contributed by atoms with E-state index in [-0.39, 0.29) is 13.2 Å². The van der Waals surface area contributed by atoms with Crippen LogP contribution in [0.3, 0.4) is 0 Å². The smallest absolute Gasteiger partial charge is 0.123 e. The van der Waals surface area contributed by atoms with Crippen molar-refractivity contribution in [3.05, 3.63) is 24.3 Å². The highest BCUT2D eigenvalue weighted by molar-refractivity contribution is 5.32. The maximum absolute atomic E-state index is 9.73. The molecule has 0 aliphatic heterocycles. The number of hydrogen-bond donors (Lipinski definition) is 3. The van der Waals surface area contributed by atoms with Crippen molar-refractivity contribution in [1.29, 1.82) is 0 Å². The van der Waals surface area contributed by atoms with E-state index in [4.69, 9.17) is 14.6 Å². The van der Waals surface area contributed by atoms with Crippen LogP contribution >= 0.6 is 0 Å². The van der Waals surface area contributed by atoms with E-state index in [0.717, 1.165) is 25.1 Å². The predicted molar refractivity (Wildman–Crippen MR) is 73.7 cm³/mol. The van der Waals surface area contributed by atoms with Crippen molar-refractivity contribution >= 4 is 0 Å². The molecule has 108 valence electrons. The van der Waals surface area contributed by atoms with E-state index in [0.29, 0.717) is 12.3 Å². The molecule has 1 aromatic rings. The maximum Gasteiger partial charge on any atom is 0.123 e. The van der Waals surface area contributed by atoms with Crippen LogP contribution in [0.2, 0.25) is 0 Å². The quantitative estimate of drug-likeness (QED) is 0.548. The molecule has 1 rings (SSSR count). The number of nitrogens with one attached hydrogen (secondary N) is 1. The van der Waals surface area contributed by atoms with Crippen molar-refractivity contribution in [1.82, 2.24) is 5.32 Å². The van der Waals surface area contributed by atoms with Crippen LogP contribution in [0, 0.1) is 0 Å². The largest absolute Gasteiger partial charge is 0.497 e. The third kappa shape index (κ3) is 7.00. The molecule has 0 spiro atoms. The SMILES string of the molecule is COc1cccc(OCC(O)CNCCCCO)c1. The minimum absolute atomic E-state index is 0.211. The molecule has 1 unspecified atom stereocenters. The van der Waals surface area contributed by atoms with Gasteiger partial charge in [0, 0.05) is 19.2 Å². The second-order valence-electron chi connectivity index (χ2n) is 4.28. The van der Waals surface area contributed by atoms with Crippen molar-refractivity contribution in [3.63, 3.8) is 0 Å². The third-order valence-corrected chi connectivity index (χ3v) is 2.63. The van der Waals surface area contributed by atoms with E-state index in [1.54, 1.807) is 13.2 Å². The van der Waals surface area contributed by atoms with Gasteiger partial charge in [-0.1, -0.05) is 6.07 Å². The van der Waals surface area contributed by atoms with Gasteiger partial charge in [-0.15, -0.1) is 0 Å². The van der Waals surface area contributed by atoms with E-state index < -0.39 is 6.10 Å². The van der Waals surface area contributed by atoms with Gasteiger partial charge in [-0.25, -0.2) is 0 Å². The van der Waals surface area contributed by atoms with Crippen LogP contribution in [0.4, 0.5) is 0 Å². The molecule has 0 amide bonds. The molecular formula is C14H23NO4. The first-order valence-corrected chi connectivity index (χ1v) is 6.52. The second kappa shape index (κ2) is 9.61. The van der Waals surface area contributed by atoms with Crippen molar-refractivity contribution in [3.8, 4) is 11.5 Å². The van der Waals surface area contributed by atoms with Crippen LogP contribution in [-0.4, -0.2) is 49.7 Å². The number of benzene rings is 1. The minimum Gasteiger partial charge on any atom is -0.497 e. The summed E-state index contributed by atoms with van der Waals surface area (Å²) < 4.78 is 10.6. The number of aliphatic hydroxyl groups is 2. The molecule has 0 aliphatic rings. The summed E-state index contributed by atoms with van der Waals surface area (Å²) in [5.41, 5.74) is 0. The molecule has 5 nitrogen and oxygen atoms in total. The van der Waals surface area contributed by atoms with Gasteiger partial charge in [0.05, 0.1) is 7.11 Å². The lowest BCUT2D eigenvalue weighted by molar-refractivity contribution is 0.106. The lowest BCUT2D eigenvalue weighted by atomic mass is 10.3. The molecule has 0 saturated heterocycles. The monoisotopic (exact) mass is 269 g/mol. The van der Waals surface area contributed by atoms with Crippen molar-refractivity contribution in [2.24, 2.45) is 0 Å². The predicted octanol–water partition coefficient (Wildman–Crippen LogP) is 0.797. The number of ether oxygens (including phenoxy) is 2. The molecule has 3 N–H and O–H groups in total. The number of aliphatic hydroxyl groups excluding tert-OH is 2. The van der Waals surface area contributed by atoms with E-state index >= 15 is 0 Å². The van der Waals surface area contributed by atoms with Gasteiger partial charge < -0.3 is 25.0 Å². The molecule has 0 radical (unpaired) electrons. The van der Waals surface area contributed by atoms with Crippen molar-refractivity contribution in [2.45, 2.75) is 18.9 Å². The lowest BCUT2D eigenvalue weighted by Crippen LogP contribution is -2.32. The number of unbranched alkanes of at least 4 members (excludes halogenated alkanes) is 1. The molecule has 0 saturated carbocycles. The first-order valence-electron chi connectivity index (χ1n) is 6.52. The Morgan fingerprint density at radius 2 is 2.05 bits per heavy atom. The summed E-state index contributed by atoms with van der Waals surface area (Å²) >= 11 is 0. The Bertz CT molecular complexity index is 346. The number of rotatable bonds is 10. The van der Waals surface area contributed by atoms with Crippen LogP contribution in [-0.2, 0) is 0 Å². The third-order valence-electron chi connectivity index (χ3n) is 2.63. The molecule has 0 aliphatic carbocycles. The highest BCUT2D eigenvalue weighted by atomic mass is 16.5. The Morgan fingerprint density at radius 1 is 1.26 bits per heavy atom. The van der Waals surface area contributed by atoms with Gasteiger partial charge in [0.2, 0.25) is 0 Å². The number of hydrogen-bond acceptors (Lipinski definition) is 5. The molecule has 0 fully saturated rings. The topological polar surface area (TPSA) is 71.0 Å². The zero-order valence-corrected chi connectivity index (χ0v) is 11.3. The fourth-order valence-electron chi connectivity index (χ4n) is 1.57. The highest BCUT2D eigenvalue weighted by Crippen LogP contribution is 2.18. The van der Waals surface area contributed by atoms with E-state index in [1.165, 1.54) is 0 Å². The van der Waals surface area contributed by atoms with Crippen molar-refractivity contribution in [2.75, 3.05) is 33.4 Å². The molecule has 1 aromatic carbocycles. The zero-order chi connectivity index (χ0) is 13.9. The summed E-state index contributed by atoms with van der Waals surface area (Å²) in [7, 11) is 1.60. The van der Waals surface area contributed by atoms with E-state index in [9.17, 15) is 5.11 Å². The Morgan fingerprint density at radius 3 is 2.79 bits per heavy atom. The average Bonchev–Trinajstić information content (AvgIpc) is 2.45. The molecule has 19 heavy (non-hydrogen) atoms. The normalized spacial score (nSPS) is 12.2. The van der Waals surface area contributed by atoms with Crippen LogP contribution in [0.25, 0.3) is 0 Å². The van der Waals surface area contributed by atoms with Gasteiger partial charge in [-0.2, -0.15) is 0 Å². The lowest BCUT2D eigenvalue weighted by Gasteiger charge is -2.13. The molecular weight excluding hydrogens is 246 g/mol. The summed E-state index contributed by atoms with van der Waals surface area (Å²) in [5, 5.41) is 21.5.